The highest BCUT2D eigenvalue weighted by molar-refractivity contribution is 4.98. The van der Waals surface area contributed by atoms with E-state index >= 15 is 0 Å². The summed E-state index contributed by atoms with van der Waals surface area (Å²) in [6.07, 6.45) is 2.79. The third kappa shape index (κ3) is 3.47. The minimum Gasteiger partial charge on any atom is -0.396 e. The third-order valence-corrected chi connectivity index (χ3v) is 2.01. The van der Waals surface area contributed by atoms with Gasteiger partial charge in [0.2, 0.25) is 0 Å². The van der Waals surface area contributed by atoms with Gasteiger partial charge in [0.15, 0.2) is 0 Å². The highest BCUT2D eigenvalue weighted by atomic mass is 16.3. The van der Waals surface area contributed by atoms with E-state index in [2.05, 4.69) is 24.3 Å². The maximum atomic E-state index is 8.58. The second kappa shape index (κ2) is 5.78. The predicted octanol–water partition coefficient (Wildman–Crippen LogP) is 0.936. The van der Waals surface area contributed by atoms with Gasteiger partial charge in [0.05, 0.1) is 5.69 Å². The molecule has 0 aliphatic carbocycles. The summed E-state index contributed by atoms with van der Waals surface area (Å²) in [5.74, 6) is 0. The quantitative estimate of drug-likeness (QED) is 0.667. The van der Waals surface area contributed by atoms with Gasteiger partial charge in [0, 0.05) is 25.4 Å². The molecule has 0 aliphatic rings. The zero-order chi connectivity index (χ0) is 10.4. The number of aliphatic hydroxyl groups excluding tert-OH is 1. The molecule has 0 aromatic carbocycles. The van der Waals surface area contributed by atoms with Crippen molar-refractivity contribution in [3.63, 3.8) is 0 Å². The Balaban J connectivity index is 2.29. The molecule has 0 bridgehead atoms. The van der Waals surface area contributed by atoms with Crippen LogP contribution in [0.5, 0.6) is 0 Å². The number of nitrogens with one attached hydrogen (secondary N) is 1. The summed E-state index contributed by atoms with van der Waals surface area (Å²) in [7, 11) is 0. The number of aromatic nitrogens is 2. The van der Waals surface area contributed by atoms with E-state index in [0.717, 1.165) is 25.2 Å². The highest BCUT2D eigenvalue weighted by Crippen LogP contribution is 2.03. The summed E-state index contributed by atoms with van der Waals surface area (Å²) in [5, 5.41) is 16.2. The molecule has 1 rings (SSSR count). The Morgan fingerprint density at radius 1 is 1.57 bits per heavy atom. The standard InChI is InChI=1S/C10H19N3O/c1-9(2)13-6-4-10(12-13)8-11-5-3-7-14/h4,6,9,11,14H,3,5,7-8H2,1-2H3. The van der Waals surface area contributed by atoms with Crippen LogP contribution in [0.15, 0.2) is 12.3 Å². The first-order valence-electron chi connectivity index (χ1n) is 5.09. The fraction of sp³-hybridized carbons (Fsp3) is 0.700. The third-order valence-electron chi connectivity index (χ3n) is 2.01. The van der Waals surface area contributed by atoms with Gasteiger partial charge in [-0.1, -0.05) is 0 Å². The first-order chi connectivity index (χ1) is 6.74. The smallest absolute Gasteiger partial charge is 0.0762 e. The molecule has 2 N–H and O–H groups in total. The van der Waals surface area contributed by atoms with Crippen LogP contribution >= 0.6 is 0 Å². The molecule has 0 spiro atoms. The lowest BCUT2D eigenvalue weighted by Gasteiger charge is -2.04. The van der Waals surface area contributed by atoms with Gasteiger partial charge in [0.1, 0.15) is 0 Å². The lowest BCUT2D eigenvalue weighted by molar-refractivity contribution is 0.286. The minimum atomic E-state index is 0.243. The van der Waals surface area contributed by atoms with Crippen molar-refractivity contribution in [2.45, 2.75) is 32.9 Å². The maximum Gasteiger partial charge on any atom is 0.0762 e. The SMILES string of the molecule is CC(C)n1ccc(CNCCCO)n1. The van der Waals surface area contributed by atoms with Crippen molar-refractivity contribution in [3.05, 3.63) is 18.0 Å². The van der Waals surface area contributed by atoms with Crippen LogP contribution in [0, 0.1) is 0 Å². The van der Waals surface area contributed by atoms with Crippen molar-refractivity contribution in [2.75, 3.05) is 13.2 Å². The number of nitrogens with zero attached hydrogens (tertiary/aromatic N) is 2. The van der Waals surface area contributed by atoms with Gasteiger partial charge in [-0.15, -0.1) is 0 Å². The zero-order valence-electron chi connectivity index (χ0n) is 8.90. The van der Waals surface area contributed by atoms with Crippen LogP contribution in [-0.4, -0.2) is 28.0 Å². The average Bonchev–Trinajstić information content (AvgIpc) is 2.61. The van der Waals surface area contributed by atoms with Crippen LogP contribution in [0.1, 0.15) is 32.0 Å². The molecule has 0 atom stereocenters. The molecule has 0 radical (unpaired) electrons. The summed E-state index contributed by atoms with van der Waals surface area (Å²) < 4.78 is 1.95. The normalized spacial score (nSPS) is 11.1. The van der Waals surface area contributed by atoms with E-state index < -0.39 is 0 Å². The monoisotopic (exact) mass is 197 g/mol. The van der Waals surface area contributed by atoms with Crippen molar-refractivity contribution in [2.24, 2.45) is 0 Å². The number of hydrogen-bond acceptors (Lipinski definition) is 3. The number of aliphatic hydroxyl groups is 1. The van der Waals surface area contributed by atoms with Gasteiger partial charge in [-0.2, -0.15) is 5.10 Å². The first kappa shape index (κ1) is 11.2. The zero-order valence-corrected chi connectivity index (χ0v) is 8.90. The Kier molecular flexibility index (Phi) is 4.62. The fourth-order valence-corrected chi connectivity index (χ4v) is 1.18. The van der Waals surface area contributed by atoms with E-state index in [4.69, 9.17) is 5.11 Å². The van der Waals surface area contributed by atoms with Gasteiger partial charge < -0.3 is 10.4 Å². The van der Waals surface area contributed by atoms with E-state index in [1.165, 1.54) is 0 Å². The van der Waals surface area contributed by atoms with E-state index in [9.17, 15) is 0 Å². The van der Waals surface area contributed by atoms with Gasteiger partial charge in [-0.25, -0.2) is 0 Å². The molecule has 0 unspecified atom stereocenters. The van der Waals surface area contributed by atoms with Crippen molar-refractivity contribution < 1.29 is 5.11 Å². The molecule has 1 aromatic heterocycles. The number of hydrogen-bond donors (Lipinski definition) is 2. The van der Waals surface area contributed by atoms with Crippen molar-refractivity contribution >= 4 is 0 Å². The predicted molar refractivity (Wildman–Crippen MR) is 56.0 cm³/mol. The lowest BCUT2D eigenvalue weighted by atomic mass is 10.4. The molecule has 80 valence electrons. The van der Waals surface area contributed by atoms with E-state index in [-0.39, 0.29) is 6.61 Å². The topological polar surface area (TPSA) is 50.1 Å². The summed E-state index contributed by atoms with van der Waals surface area (Å²) in [4.78, 5) is 0. The second-order valence-electron chi connectivity index (χ2n) is 3.63. The van der Waals surface area contributed by atoms with Crippen molar-refractivity contribution in [3.8, 4) is 0 Å². The minimum absolute atomic E-state index is 0.243. The summed E-state index contributed by atoms with van der Waals surface area (Å²) in [5.41, 5.74) is 1.05. The summed E-state index contributed by atoms with van der Waals surface area (Å²) >= 11 is 0. The van der Waals surface area contributed by atoms with Gasteiger partial charge in [-0.3, -0.25) is 4.68 Å². The molecule has 4 nitrogen and oxygen atoms in total. The van der Waals surface area contributed by atoms with Crippen molar-refractivity contribution in [1.82, 2.24) is 15.1 Å². The second-order valence-corrected chi connectivity index (χ2v) is 3.63. The molecule has 1 heterocycles. The Hall–Kier alpha value is -0.870. The lowest BCUT2D eigenvalue weighted by Crippen LogP contribution is -2.16. The Morgan fingerprint density at radius 3 is 2.93 bits per heavy atom. The molecule has 0 saturated carbocycles. The number of rotatable bonds is 6. The average molecular weight is 197 g/mol. The molecule has 0 fully saturated rings. The molecule has 0 aliphatic heterocycles. The molecular formula is C10H19N3O. The van der Waals surface area contributed by atoms with Gasteiger partial charge in [0.25, 0.3) is 0 Å². The molecule has 1 aromatic rings. The van der Waals surface area contributed by atoms with E-state index in [1.807, 2.05) is 16.9 Å². The summed E-state index contributed by atoms with van der Waals surface area (Å²) in [6.45, 7) is 6.07. The van der Waals surface area contributed by atoms with Crippen LogP contribution in [0.2, 0.25) is 0 Å². The maximum absolute atomic E-state index is 8.58. The summed E-state index contributed by atoms with van der Waals surface area (Å²) in [6, 6.07) is 2.44. The van der Waals surface area contributed by atoms with Crippen molar-refractivity contribution in [1.29, 1.82) is 0 Å². The van der Waals surface area contributed by atoms with Crippen LogP contribution < -0.4 is 5.32 Å². The highest BCUT2D eigenvalue weighted by Gasteiger charge is 2.00. The van der Waals surface area contributed by atoms with E-state index in [1.54, 1.807) is 0 Å². The molecular weight excluding hydrogens is 178 g/mol. The Morgan fingerprint density at radius 2 is 2.36 bits per heavy atom. The Labute approximate surface area is 84.9 Å². The van der Waals surface area contributed by atoms with Crippen LogP contribution in [0.4, 0.5) is 0 Å². The first-order valence-corrected chi connectivity index (χ1v) is 5.09. The largest absolute Gasteiger partial charge is 0.396 e. The Bertz CT molecular complexity index is 258. The molecule has 0 saturated heterocycles. The van der Waals surface area contributed by atoms with Gasteiger partial charge in [-0.05, 0) is 32.9 Å². The van der Waals surface area contributed by atoms with E-state index in [0.29, 0.717) is 6.04 Å². The molecule has 14 heavy (non-hydrogen) atoms. The van der Waals surface area contributed by atoms with Crippen LogP contribution in [-0.2, 0) is 6.54 Å². The molecule has 4 heteroatoms. The van der Waals surface area contributed by atoms with Crippen LogP contribution in [0.3, 0.4) is 0 Å². The fourth-order valence-electron chi connectivity index (χ4n) is 1.18. The van der Waals surface area contributed by atoms with Crippen LogP contribution in [0.25, 0.3) is 0 Å². The molecule has 0 amide bonds. The van der Waals surface area contributed by atoms with Gasteiger partial charge >= 0.3 is 0 Å².